The fraction of sp³-hybridized carbons (Fsp3) is 0.212. The van der Waals surface area contributed by atoms with Crippen LogP contribution in [0.15, 0.2) is 84.9 Å². The van der Waals surface area contributed by atoms with Crippen LogP contribution in [0.25, 0.3) is 10.9 Å². The highest BCUT2D eigenvalue weighted by molar-refractivity contribution is 8.44. The predicted molar refractivity (Wildman–Crippen MR) is 733 cm³/mol. The summed E-state index contributed by atoms with van der Waals surface area (Å²) in [7, 11) is 366. The van der Waals surface area contributed by atoms with Crippen molar-refractivity contribution in [3.8, 4) is 11.5 Å². The lowest BCUT2D eigenvalue weighted by atomic mass is 8.18. The van der Waals surface area contributed by atoms with E-state index in [4.69, 9.17) is 416 Å². The summed E-state index contributed by atoms with van der Waals surface area (Å²) in [5.74, 6) is 1.27. The number of methoxy groups -OCH3 is 1. The van der Waals surface area contributed by atoms with Gasteiger partial charge in [0.15, 0.2) is 11.5 Å². The van der Waals surface area contributed by atoms with Crippen LogP contribution in [0.3, 0.4) is 0 Å². The highest BCUT2D eigenvalue weighted by Gasteiger charge is 2.69. The molecular weight excluding hydrogens is 1600 g/mol. The van der Waals surface area contributed by atoms with Gasteiger partial charge >= 0.3 is 0 Å². The van der Waals surface area contributed by atoms with Gasteiger partial charge in [0.2, 0.25) is 0 Å². The molecule has 0 saturated carbocycles. The molecule has 3 heterocycles. The van der Waals surface area contributed by atoms with Crippen LogP contribution < -0.4 is 9.47 Å². The van der Waals surface area contributed by atoms with Crippen LogP contribution in [0.1, 0.15) is 45.6 Å². The first-order valence-corrected chi connectivity index (χ1v) is 47.0. The number of H-pyrrole nitrogens is 1. The van der Waals surface area contributed by atoms with E-state index in [1.54, 1.807) is 19.2 Å². The Balaban J connectivity index is 0.000000623. The Morgan fingerprint density at radius 1 is 0.336 bits per heavy atom. The molecule has 0 bridgehead atoms. The minimum Gasteiger partial charge on any atom is -0.493 e. The van der Waals surface area contributed by atoms with Crippen molar-refractivity contribution < 1.29 is 13.9 Å². The first-order chi connectivity index (χ1) is 65.1. The summed E-state index contributed by atoms with van der Waals surface area (Å²) in [6.45, 7) is 1.36. The molecule has 2 unspecified atom stereocenters. The van der Waals surface area contributed by atoms with Crippen molar-refractivity contribution >= 4 is 737 Å². The van der Waals surface area contributed by atoms with Crippen LogP contribution in [0.2, 0.25) is 5.02 Å². The summed E-state index contributed by atoms with van der Waals surface area (Å²) >= 11 is 6.44. The van der Waals surface area contributed by atoms with Crippen LogP contribution in [0.5, 0.6) is 11.5 Å². The van der Waals surface area contributed by atoms with Gasteiger partial charge in [-0.1, -0.05) is 54.1 Å². The molecule has 1 N–H and O–H groups in total. The number of aromatic nitrogens is 1. The minimum atomic E-state index is -2.33. The van der Waals surface area contributed by atoms with Gasteiger partial charge in [-0.25, -0.2) is 4.39 Å². The monoisotopic (exact) mass is 1650 g/mol. The fourth-order valence-corrected chi connectivity index (χ4v) is 24.7. The number of nitrogens with one attached hydrogen (secondary N) is 1. The summed E-state index contributed by atoms with van der Waals surface area (Å²) in [5, 5.41) is 1.86. The lowest BCUT2D eigenvalue weighted by molar-refractivity contribution is 0.127. The number of aromatic amines is 1. The second-order valence-electron chi connectivity index (χ2n) is 38.8. The SMILES string of the molecule is COc1cc2c(cc1OCc1ccccc1)CCN1C2Cc2c([nH]c3ccc(Cl)cc23)C1c1ccc(F)cc1.[B][B]B(B([B])[B])B(B(B([B])[B])B([B])[B])B(B(B([B])[B])B([B])[B])B(B(B(B([B])[B])B([B])[B])B(B([B])[B])B([B])[B])B(B(B(B(B([B])[B])B([B])[B])B(B([B])[B])B([B])[B])B(B(B([B])[B])B([B])[B])B(B([B])[B])B([B])[B])B(B(B(B([B])[B])B([B])[B])B(B([B])[B])B([B])[B])B(B(B([B])[B])B([B])[B])B(B([B])[B])B([B])[B]. The first-order valence-electron chi connectivity index (χ1n) is 46.6. The van der Waals surface area contributed by atoms with Crippen molar-refractivity contribution in [3.05, 3.63) is 129 Å². The van der Waals surface area contributed by atoms with Crippen molar-refractivity contribution in [3.63, 3.8) is 0 Å². The molecule has 0 aliphatic carbocycles. The lowest BCUT2D eigenvalue weighted by Gasteiger charge is -2.63. The maximum absolute atomic E-state index is 13.9. The molecule has 140 heavy (non-hydrogen) atoms. The minimum absolute atomic E-state index is 0.0290. The van der Waals surface area contributed by atoms with Gasteiger partial charge in [0.25, 0.3) is 0 Å². The maximum Gasteiger partial charge on any atom is 0.161 e. The number of rotatable bonds is 54. The van der Waals surface area contributed by atoms with E-state index in [0.717, 1.165) is 70.7 Å². The Morgan fingerprint density at radius 2 is 0.614 bits per heavy atom. The Morgan fingerprint density at radius 3 is 0.886 bits per heavy atom. The third-order valence-corrected chi connectivity index (χ3v) is 29.9. The van der Waals surface area contributed by atoms with E-state index in [2.05, 4.69) is 40.2 Å². The Hall–Kier alpha value is 2.76. The number of ether oxygens (including phenoxy) is 2. The van der Waals surface area contributed by atoms with Crippen LogP contribution in [-0.4, -0.2) is 738 Å². The normalized spacial score (nSPS) is 12.2. The molecule has 103 radical (unpaired) electrons. The molecule has 0 spiro atoms. The number of benzene rings is 4. The number of nitrogens with zero attached hydrogens (tertiary/aromatic N) is 1. The van der Waals surface area contributed by atoms with Crippen molar-refractivity contribution in [2.24, 2.45) is 0 Å². The molecule has 2 aliphatic rings. The predicted octanol–water partition coefficient (Wildman–Crippen LogP) is -30.7. The topological polar surface area (TPSA) is 37.5 Å². The van der Waals surface area contributed by atoms with E-state index in [1.165, 1.54) is 16.7 Å². The zero-order valence-electron chi connectivity index (χ0n) is 79.9. The number of fused-ring (bicyclic) bond motifs is 6. The van der Waals surface area contributed by atoms with Gasteiger partial charge in [0.05, 0.1) is 13.2 Å². The second kappa shape index (κ2) is 59.8. The van der Waals surface area contributed by atoms with Crippen molar-refractivity contribution in [2.75, 3.05) is 13.7 Å². The van der Waals surface area contributed by atoms with Gasteiger partial charge in [0.1, 0.15) is 12.4 Å². The molecule has 0 amide bonds. The van der Waals surface area contributed by atoms with Crippen molar-refractivity contribution in [1.29, 1.82) is 0 Å². The zero-order chi connectivity index (χ0) is 107. The van der Waals surface area contributed by atoms with Gasteiger partial charge in [-0.3, -0.25) is 4.90 Å². The molecule has 7 rings (SSSR count). The highest BCUT2D eigenvalue weighted by atomic mass is 35.5. The van der Waals surface area contributed by atoms with Gasteiger partial charge in [-0.2, -0.15) is 0 Å². The molecule has 0 saturated heterocycles. The van der Waals surface area contributed by atoms with E-state index < -0.39 is 313 Å². The molecule has 2 atom stereocenters. The maximum atomic E-state index is 13.9. The molecule has 2 aliphatic heterocycles. The van der Waals surface area contributed by atoms with E-state index in [9.17, 15) is 4.39 Å². The molecule has 5 aromatic rings. The zero-order valence-corrected chi connectivity index (χ0v) is 80.7. The van der Waals surface area contributed by atoms with Crippen LogP contribution in [-0.2, 0) is 19.4 Å². The van der Waals surface area contributed by atoms with Crippen molar-refractivity contribution in [2.45, 2.75) is 31.5 Å². The summed E-state index contributed by atoms with van der Waals surface area (Å²) in [4.78, 5) is 6.23. The molecule has 499 valence electrons. The Kier molecular flexibility index (Phi) is 56.1. The summed E-state index contributed by atoms with van der Waals surface area (Å²) in [6.07, 6.45) is -91.3. The van der Waals surface area contributed by atoms with E-state index in [-0.39, 0.29) is 17.9 Å². The quantitative estimate of drug-likeness (QED) is 0.0394. The fourth-order valence-electron chi connectivity index (χ4n) is 24.5. The highest BCUT2D eigenvalue weighted by Crippen LogP contribution is 2.50. The van der Waals surface area contributed by atoms with Crippen LogP contribution in [0, 0.1) is 5.82 Å². The number of hydrogen-bond donors (Lipinski definition) is 1. The Labute approximate surface area is 937 Å². The Bertz CT molecular complexity index is 4040. The second-order valence-corrected chi connectivity index (χ2v) is 39.3. The van der Waals surface area contributed by atoms with E-state index >= 15 is 0 Å². The smallest absolute Gasteiger partial charge is 0.161 e. The number of halogens is 2. The van der Waals surface area contributed by atoms with Crippen LogP contribution in [0.4, 0.5) is 4.39 Å². The average Bonchev–Trinajstić information content (AvgIpc) is 1.40. The summed E-state index contributed by atoms with van der Waals surface area (Å²) < 4.78 is 26.0. The molecule has 107 heteroatoms. The van der Waals surface area contributed by atoms with Gasteiger partial charge in [0, 0.05) is 749 Å². The lowest BCUT2D eigenvalue weighted by Crippen LogP contribution is -3.01. The van der Waals surface area contributed by atoms with Gasteiger partial charge in [-0.15, -0.1) is 0 Å². The third-order valence-electron chi connectivity index (χ3n) is 29.7. The molecule has 4 aromatic carbocycles. The molecular formula is C33H28B101ClFN2O2. The van der Waals surface area contributed by atoms with E-state index in [1.807, 2.05) is 42.5 Å². The molecule has 1 aromatic heterocycles. The largest absolute Gasteiger partial charge is 0.493 e. The molecule has 0 fully saturated rings. The molecule has 4 nitrogen and oxygen atoms in total. The van der Waals surface area contributed by atoms with Gasteiger partial charge in [-0.05, 0) is 83.1 Å². The number of hydrogen-bond acceptors (Lipinski definition) is 3. The van der Waals surface area contributed by atoms with Gasteiger partial charge < -0.3 is 14.5 Å². The van der Waals surface area contributed by atoms with Crippen molar-refractivity contribution in [1.82, 2.24) is 9.88 Å². The van der Waals surface area contributed by atoms with Crippen LogP contribution >= 0.6 is 11.6 Å². The third kappa shape index (κ3) is 32.3. The summed E-state index contributed by atoms with van der Waals surface area (Å²) in [6, 6.07) is 27.5. The standard InChI is InChI=1S/C33H28ClFN2O2.B101/c1-38-30-18-25-22(15-31(30)39-19-20-5-3-2-4-6-20)13-14-37-29(25)17-27-26-16-23(34)9-12-28(26)36-32(27)33(37)21-7-10-24(35)11-8-21;1-52-78(53(2)3)91(79(54(4)5)55(6)7)97(90(76(48)49)77(50)51)100(96(88(72(40)41)73(42)43)89(74(44)45)75(46)47)101(98(92(80(56(8)9)57(10)11)81(58(12)13)59(14)15)93(82(60(16)17)61(18)19)83(62(20)21)63(22)23)99(94(84(64(24)25)65(26)27)85(66(28)29)67(30)31)95(86(68(32)33)69(34)35)87(70(36)37)71(38)39/h2-12,15-16,18,29,33,36H,13-14,17,19H2,1H3;. The average molecular weight is 1630 g/mol. The van der Waals surface area contributed by atoms with E-state index in [0.29, 0.717) is 6.61 Å². The first kappa shape index (κ1) is 131. The summed E-state index contributed by atoms with van der Waals surface area (Å²) in [5.41, 5.74) is 8.20.